The van der Waals surface area contributed by atoms with Crippen LogP contribution >= 0.6 is 0 Å². The number of aliphatic hydroxyl groups excluding tert-OH is 1. The molecule has 0 saturated heterocycles. The first-order chi connectivity index (χ1) is 26.5. The van der Waals surface area contributed by atoms with E-state index in [2.05, 4.69) is 20.9 Å². The molecule has 0 aromatic heterocycles. The zero-order valence-electron chi connectivity index (χ0n) is 30.1. The van der Waals surface area contributed by atoms with Crippen LogP contribution in [0.2, 0.25) is 0 Å². The number of ether oxygens (including phenoxy) is 4. The van der Waals surface area contributed by atoms with Crippen LogP contribution in [0.15, 0.2) is 131 Å². The summed E-state index contributed by atoms with van der Waals surface area (Å²) in [6.07, 6.45) is -0.227. The lowest BCUT2D eigenvalue weighted by atomic mass is 9.80. The minimum Gasteiger partial charge on any atom is -0.494 e. The largest absolute Gasteiger partial charge is 0.494 e. The van der Waals surface area contributed by atoms with Crippen molar-refractivity contribution in [2.45, 2.75) is 37.6 Å². The van der Waals surface area contributed by atoms with Crippen LogP contribution in [0, 0.1) is 0 Å². The molecule has 3 N–H and O–H groups in total. The van der Waals surface area contributed by atoms with Crippen molar-refractivity contribution < 1.29 is 28.8 Å². The van der Waals surface area contributed by atoms with Gasteiger partial charge in [-0.1, -0.05) is 96.1 Å². The molecule has 1 heterocycles. The highest BCUT2D eigenvalue weighted by molar-refractivity contribution is 6.01. The van der Waals surface area contributed by atoms with Crippen LogP contribution in [0.25, 0.3) is 21.6 Å². The molecule has 2 atom stereocenters. The molecule has 12 heteroatoms. The maximum absolute atomic E-state index is 14.9. The van der Waals surface area contributed by atoms with E-state index in [1.165, 1.54) is 0 Å². The van der Waals surface area contributed by atoms with Gasteiger partial charge in [-0.15, -0.1) is 0 Å². The first kappa shape index (κ1) is 37.4. The Hall–Kier alpha value is -6.33. The van der Waals surface area contributed by atoms with Crippen molar-refractivity contribution in [1.82, 2.24) is 10.9 Å². The second-order valence-electron chi connectivity index (χ2n) is 12.6. The van der Waals surface area contributed by atoms with Crippen LogP contribution in [-0.4, -0.2) is 49.9 Å². The zero-order valence-corrected chi connectivity index (χ0v) is 30.1. The van der Waals surface area contributed by atoms with Crippen molar-refractivity contribution in [3.05, 3.63) is 160 Å². The third-order valence-corrected chi connectivity index (χ3v) is 9.20. The van der Waals surface area contributed by atoms with Gasteiger partial charge >= 0.3 is 0 Å². The minimum atomic E-state index is -1.53. The number of nitrogens with one attached hydrogen (secondary N) is 2. The Morgan fingerprint density at radius 3 is 2.24 bits per heavy atom. The van der Waals surface area contributed by atoms with E-state index in [0.717, 1.165) is 33.4 Å². The molecule has 12 nitrogen and oxygen atoms in total. The molecule has 276 valence electrons. The molecule has 0 aliphatic carbocycles. The molecular formula is C42H42N6O6. The van der Waals surface area contributed by atoms with Gasteiger partial charge in [0.1, 0.15) is 5.75 Å². The van der Waals surface area contributed by atoms with Crippen LogP contribution in [0.1, 0.15) is 40.3 Å². The zero-order chi connectivity index (χ0) is 37.8. The summed E-state index contributed by atoms with van der Waals surface area (Å²) in [7, 11) is 3.14. The van der Waals surface area contributed by atoms with Crippen LogP contribution in [-0.2, 0) is 29.0 Å². The van der Waals surface area contributed by atoms with E-state index in [1.807, 2.05) is 103 Å². The SMILES string of the molecule is COc1cccc(CNNC(=O)[C@@]2(Cc3ccccc3CN=[N+]=[N-])N=C(c3ccc(OCCCO)cc3)O[C@H]2c2ccc(-c3ccccc3)cc2)c1OC. The summed E-state index contributed by atoms with van der Waals surface area (Å²) in [5.74, 6) is 1.60. The maximum atomic E-state index is 14.9. The third kappa shape index (κ3) is 8.48. The minimum absolute atomic E-state index is 0.0362. The number of carbonyl (C=O) groups excluding carboxylic acids is 1. The van der Waals surface area contributed by atoms with Gasteiger partial charge in [0.25, 0.3) is 5.91 Å². The quantitative estimate of drug-likeness (QED) is 0.0299. The lowest BCUT2D eigenvalue weighted by Crippen LogP contribution is -2.53. The van der Waals surface area contributed by atoms with E-state index in [1.54, 1.807) is 32.4 Å². The van der Waals surface area contributed by atoms with Crippen LogP contribution in [0.3, 0.4) is 0 Å². The molecule has 0 saturated carbocycles. The molecule has 1 aliphatic rings. The lowest BCUT2D eigenvalue weighted by molar-refractivity contribution is -0.130. The van der Waals surface area contributed by atoms with Gasteiger partial charge in [-0.3, -0.25) is 10.2 Å². The second kappa shape index (κ2) is 17.9. The molecule has 1 amide bonds. The number of carbonyl (C=O) groups is 1. The number of aliphatic imine (C=N–C) groups is 1. The van der Waals surface area contributed by atoms with E-state index >= 15 is 0 Å². The molecule has 5 aromatic carbocycles. The number of rotatable bonds is 17. The fraction of sp³-hybridized carbons (Fsp3) is 0.238. The standard InChI is InChI=1S/C42H42N6O6/c1-51-37-15-8-14-35(38(37)52-2)28-44-47-41(50)42(26-33-12-6-7-13-34(33)27-45-48-43)39(31-18-16-30(17-19-31)29-10-4-3-5-11-29)54-40(46-42)32-20-22-36(23-21-32)53-25-9-24-49/h3-8,10-23,39,44,49H,9,24-28H2,1-2H3,(H,47,50)/t39-,42-/m0/s1. The summed E-state index contributed by atoms with van der Waals surface area (Å²) in [6.45, 7) is 0.737. The average molecular weight is 727 g/mol. The van der Waals surface area contributed by atoms with Crippen molar-refractivity contribution >= 4 is 11.8 Å². The Morgan fingerprint density at radius 1 is 0.852 bits per heavy atom. The molecular weight excluding hydrogens is 684 g/mol. The molecule has 54 heavy (non-hydrogen) atoms. The number of azide groups is 1. The smallest absolute Gasteiger partial charge is 0.266 e. The summed E-state index contributed by atoms with van der Waals surface area (Å²) >= 11 is 0. The first-order valence-corrected chi connectivity index (χ1v) is 17.6. The fourth-order valence-corrected chi connectivity index (χ4v) is 6.47. The summed E-state index contributed by atoms with van der Waals surface area (Å²) < 4.78 is 23.6. The van der Waals surface area contributed by atoms with E-state index in [-0.39, 0.29) is 32.0 Å². The molecule has 0 spiro atoms. The van der Waals surface area contributed by atoms with Crippen molar-refractivity contribution in [1.29, 1.82) is 0 Å². The van der Waals surface area contributed by atoms with Gasteiger partial charge in [-0.05, 0) is 63.7 Å². The normalized spacial score (nSPS) is 16.1. The summed E-state index contributed by atoms with van der Waals surface area (Å²) in [5, 5.41) is 13.0. The number of hydrogen-bond donors (Lipinski definition) is 3. The Kier molecular flexibility index (Phi) is 12.4. The molecule has 0 fully saturated rings. The highest BCUT2D eigenvalue weighted by Gasteiger charge is 2.53. The van der Waals surface area contributed by atoms with Gasteiger partial charge in [-0.25, -0.2) is 10.4 Å². The molecule has 0 radical (unpaired) electrons. The highest BCUT2D eigenvalue weighted by atomic mass is 16.5. The number of methoxy groups -OCH3 is 2. The molecule has 1 aliphatic heterocycles. The number of hydrogen-bond acceptors (Lipinski definition) is 9. The van der Waals surface area contributed by atoms with Gasteiger partial charge in [0.2, 0.25) is 5.90 Å². The van der Waals surface area contributed by atoms with Crippen LogP contribution < -0.4 is 25.1 Å². The molecule has 6 rings (SSSR count). The number of hydrazine groups is 1. The van der Waals surface area contributed by atoms with Gasteiger partial charge in [0.15, 0.2) is 23.1 Å². The Bertz CT molecular complexity index is 2100. The van der Waals surface area contributed by atoms with Gasteiger partial charge in [-0.2, -0.15) is 0 Å². The Labute approximate surface area is 314 Å². The van der Waals surface area contributed by atoms with E-state index in [4.69, 9.17) is 34.6 Å². The van der Waals surface area contributed by atoms with Crippen molar-refractivity contribution in [3.8, 4) is 28.4 Å². The predicted molar refractivity (Wildman–Crippen MR) is 206 cm³/mol. The van der Waals surface area contributed by atoms with E-state index in [9.17, 15) is 4.79 Å². The number of para-hydroxylation sites is 1. The van der Waals surface area contributed by atoms with Gasteiger partial charge in [0.05, 0.1) is 27.4 Å². The second-order valence-corrected chi connectivity index (χ2v) is 12.6. The van der Waals surface area contributed by atoms with Crippen molar-refractivity contribution in [2.24, 2.45) is 10.1 Å². The molecule has 0 bridgehead atoms. The highest BCUT2D eigenvalue weighted by Crippen LogP contribution is 2.43. The van der Waals surface area contributed by atoms with Crippen LogP contribution in [0.4, 0.5) is 0 Å². The average Bonchev–Trinajstić information content (AvgIpc) is 3.61. The van der Waals surface area contributed by atoms with Gasteiger partial charge < -0.3 is 24.1 Å². The summed E-state index contributed by atoms with van der Waals surface area (Å²) in [4.78, 5) is 23.0. The molecule has 0 unspecified atom stereocenters. The maximum Gasteiger partial charge on any atom is 0.266 e. The van der Waals surface area contributed by atoms with Crippen molar-refractivity contribution in [2.75, 3.05) is 27.4 Å². The van der Waals surface area contributed by atoms with Crippen LogP contribution in [0.5, 0.6) is 17.2 Å². The van der Waals surface area contributed by atoms with Gasteiger partial charge in [0, 0.05) is 42.0 Å². The summed E-state index contributed by atoms with van der Waals surface area (Å²) in [5.41, 5.74) is 19.4. The molecule has 5 aromatic rings. The van der Waals surface area contributed by atoms with Crippen molar-refractivity contribution in [3.63, 3.8) is 0 Å². The monoisotopic (exact) mass is 726 g/mol. The number of nitrogens with zero attached hydrogens (tertiary/aromatic N) is 4. The summed E-state index contributed by atoms with van der Waals surface area (Å²) in [6, 6.07) is 38.3. The number of aliphatic hydroxyl groups is 1. The number of benzene rings is 5. The Balaban J connectivity index is 1.42. The first-order valence-electron chi connectivity index (χ1n) is 17.6. The predicted octanol–water partition coefficient (Wildman–Crippen LogP) is 7.26. The van der Waals surface area contributed by atoms with E-state index in [0.29, 0.717) is 35.8 Å². The Morgan fingerprint density at radius 2 is 1.54 bits per heavy atom. The lowest BCUT2D eigenvalue weighted by Gasteiger charge is -2.31. The number of amides is 1. The third-order valence-electron chi connectivity index (χ3n) is 9.20. The van der Waals surface area contributed by atoms with E-state index < -0.39 is 17.6 Å². The topological polar surface area (TPSA) is 159 Å². The fourth-order valence-electron chi connectivity index (χ4n) is 6.47.